The van der Waals surface area contributed by atoms with E-state index in [2.05, 4.69) is 27.0 Å². The van der Waals surface area contributed by atoms with Crippen molar-refractivity contribution in [3.8, 4) is 23.3 Å². The molecule has 1 N–H and O–H groups in total. The summed E-state index contributed by atoms with van der Waals surface area (Å²) in [6, 6.07) is 18.5. The van der Waals surface area contributed by atoms with Gasteiger partial charge in [0.15, 0.2) is 11.0 Å². The van der Waals surface area contributed by atoms with Gasteiger partial charge in [0.05, 0.1) is 11.9 Å². The first-order chi connectivity index (χ1) is 21.0. The van der Waals surface area contributed by atoms with Gasteiger partial charge in [-0.1, -0.05) is 53.9 Å². The number of thioether (sulfide) groups is 1. The van der Waals surface area contributed by atoms with Gasteiger partial charge in [-0.05, 0) is 48.4 Å². The summed E-state index contributed by atoms with van der Waals surface area (Å²) in [7, 11) is 0. The maximum atomic E-state index is 10.4. The Labute approximate surface area is 316 Å². The average Bonchev–Trinajstić information content (AvgIpc) is 3.42. The Bertz CT molecular complexity index is 1730. The van der Waals surface area contributed by atoms with E-state index in [0.29, 0.717) is 22.4 Å². The molecule has 0 spiro atoms. The highest BCUT2D eigenvalue weighted by Crippen LogP contribution is 2.78. The zero-order valence-corrected chi connectivity index (χ0v) is 32.2. The van der Waals surface area contributed by atoms with Crippen LogP contribution in [0.25, 0.3) is 5.69 Å². The Morgan fingerprint density at radius 1 is 0.867 bits per heavy atom. The molecule has 0 radical (unpaired) electrons. The number of aryl methyl sites for hydroxylation is 1. The molecule has 1 saturated carbocycles. The van der Waals surface area contributed by atoms with Crippen LogP contribution < -0.4 is 4.74 Å². The molecule has 1 unspecified atom stereocenters. The van der Waals surface area contributed by atoms with E-state index in [-0.39, 0.29) is 6.61 Å². The molecule has 4 aromatic rings. The third-order valence-electron chi connectivity index (χ3n) is 7.27. The van der Waals surface area contributed by atoms with Gasteiger partial charge >= 0.3 is 0 Å². The normalized spacial score (nSPS) is 19.4. The van der Waals surface area contributed by atoms with Crippen LogP contribution in [0.5, 0.6) is 5.75 Å². The maximum absolute atomic E-state index is 10.4. The summed E-state index contributed by atoms with van der Waals surface area (Å²) in [5, 5.41) is 19.8. The Kier molecular flexibility index (Phi) is 10.7. The topological polar surface area (TPSA) is 73.1 Å². The second-order valence-corrected chi connectivity index (χ2v) is 19.2. The Hall–Kier alpha value is -0.450. The van der Waals surface area contributed by atoms with Gasteiger partial charge in [0.25, 0.3) is 0 Å². The highest BCUT2D eigenvalue weighted by molar-refractivity contribution is 8.21. The molecule has 45 heavy (non-hydrogen) atoms. The highest BCUT2D eigenvalue weighted by Gasteiger charge is 2.81. The van der Waals surface area contributed by atoms with E-state index in [1.807, 2.05) is 61.5 Å². The van der Waals surface area contributed by atoms with Crippen LogP contribution in [0.4, 0.5) is 0 Å². The van der Waals surface area contributed by atoms with Crippen LogP contribution in [0.1, 0.15) is 28.6 Å². The Morgan fingerprint density at radius 2 is 1.53 bits per heavy atom. The lowest BCUT2D eigenvalue weighted by Gasteiger charge is -2.43. The van der Waals surface area contributed by atoms with Crippen molar-refractivity contribution in [2.24, 2.45) is 0 Å². The molecule has 2 aromatic heterocycles. The van der Waals surface area contributed by atoms with Gasteiger partial charge in [-0.15, -0.1) is 10.2 Å². The summed E-state index contributed by atoms with van der Waals surface area (Å²) in [5.41, 5.74) is 3.11. The molecule has 1 aliphatic carbocycles. The number of pyridine rings is 1. The minimum Gasteiger partial charge on any atom is -0.486 e. The molecule has 0 bridgehead atoms. The molecule has 16 heteroatoms. The standard InChI is InChI=1S/C29H28N4O2S10/c1-17-14-21(11-9-18(17)10-12-22(34)19-6-3-2-4-7-19)35-16-23-31-32-24(33(23)20-8-5-13-30-15-20)45-29(44)27(40,41)25(36,37)26(38,39)28(29,42)43/h2-9,11,13-15,22,34,36-44H,16H2,1H3. The van der Waals surface area contributed by atoms with Gasteiger partial charge in [-0.25, -0.2) is 0 Å². The first-order valence-corrected chi connectivity index (χ1v) is 17.9. The Morgan fingerprint density at radius 3 is 2.13 bits per heavy atom. The van der Waals surface area contributed by atoms with Crippen LogP contribution in [-0.2, 0) is 6.61 Å². The fourth-order valence-corrected chi connectivity index (χ4v) is 11.3. The van der Waals surface area contributed by atoms with Crippen molar-refractivity contribution in [3.63, 3.8) is 0 Å². The van der Waals surface area contributed by atoms with Crippen molar-refractivity contribution >= 4 is 125 Å². The van der Waals surface area contributed by atoms with Crippen molar-refractivity contribution in [1.82, 2.24) is 19.7 Å². The molecule has 1 aliphatic rings. The van der Waals surface area contributed by atoms with Crippen LogP contribution in [0.3, 0.4) is 0 Å². The van der Waals surface area contributed by atoms with Crippen molar-refractivity contribution in [1.29, 1.82) is 0 Å². The summed E-state index contributed by atoms with van der Waals surface area (Å²) < 4.78 is 1.29. The first-order valence-electron chi connectivity index (χ1n) is 13.1. The number of ether oxygens (including phenoxy) is 1. The van der Waals surface area contributed by atoms with Gasteiger partial charge in [0.2, 0.25) is 0 Å². The first kappa shape index (κ1) is 35.8. The molecule has 0 saturated heterocycles. The highest BCUT2D eigenvalue weighted by atomic mass is 32.2. The van der Waals surface area contributed by atoms with Crippen LogP contribution in [0.15, 0.2) is 78.2 Å². The SMILES string of the molecule is Cc1cc(OCc2nnc(SC3(S)C(S)(S)C(S)(S)C(S)(S)C3(S)S)n2-c2cccnc2)ccc1C#CC(O)c1ccccc1. The van der Waals surface area contributed by atoms with Crippen molar-refractivity contribution in [3.05, 3.63) is 95.6 Å². The van der Waals surface area contributed by atoms with Gasteiger partial charge in [0.1, 0.15) is 38.9 Å². The molecule has 1 fully saturated rings. The molecule has 1 atom stereocenters. The van der Waals surface area contributed by atoms with Gasteiger partial charge in [-0.3, -0.25) is 9.55 Å². The number of rotatable bonds is 7. The van der Waals surface area contributed by atoms with E-state index in [1.54, 1.807) is 23.0 Å². The minimum atomic E-state index is -1.35. The monoisotopic (exact) mass is 784 g/mol. The fourth-order valence-electron chi connectivity index (χ4n) is 4.56. The number of hydrogen-bond donors (Lipinski definition) is 10. The van der Waals surface area contributed by atoms with E-state index in [1.165, 1.54) is 11.8 Å². The van der Waals surface area contributed by atoms with E-state index in [9.17, 15) is 5.11 Å². The third kappa shape index (κ3) is 6.26. The van der Waals surface area contributed by atoms with Crippen LogP contribution in [-0.4, -0.2) is 45.3 Å². The molecular formula is C29H28N4O2S10. The molecule has 2 heterocycles. The predicted molar refractivity (Wildman–Crippen MR) is 213 cm³/mol. The number of hydrogen-bond acceptors (Lipinski definition) is 15. The maximum Gasteiger partial charge on any atom is 0.197 e. The lowest BCUT2D eigenvalue weighted by Crippen LogP contribution is -2.49. The van der Waals surface area contributed by atoms with Crippen molar-refractivity contribution in [2.75, 3.05) is 0 Å². The second-order valence-electron chi connectivity index (χ2n) is 10.2. The molecular weight excluding hydrogens is 757 g/mol. The van der Waals surface area contributed by atoms with E-state index >= 15 is 0 Å². The number of aliphatic hydroxyl groups excluding tert-OH is 1. The van der Waals surface area contributed by atoms with E-state index < -0.39 is 26.5 Å². The molecule has 5 rings (SSSR count). The van der Waals surface area contributed by atoms with Crippen molar-refractivity contribution in [2.45, 2.75) is 45.2 Å². The second kappa shape index (κ2) is 13.5. The zero-order valence-electron chi connectivity index (χ0n) is 23.3. The summed E-state index contributed by atoms with van der Waals surface area (Å²) in [4.78, 5) is 4.28. The lowest BCUT2D eigenvalue weighted by atomic mass is 10.1. The molecule has 2 aromatic carbocycles. The van der Waals surface area contributed by atoms with E-state index in [4.69, 9.17) is 118 Å². The smallest absolute Gasteiger partial charge is 0.197 e. The number of nitrogens with zero attached hydrogens (tertiary/aromatic N) is 4. The minimum absolute atomic E-state index is 0.0745. The fraction of sp³-hybridized carbons (Fsp3) is 0.276. The summed E-state index contributed by atoms with van der Waals surface area (Å²) in [6.07, 6.45) is 2.47. The van der Waals surface area contributed by atoms with Gasteiger partial charge in [0, 0.05) is 11.8 Å². The van der Waals surface area contributed by atoms with Crippen LogP contribution in [0, 0.1) is 18.8 Å². The van der Waals surface area contributed by atoms with Gasteiger partial charge < -0.3 is 9.84 Å². The van der Waals surface area contributed by atoms with Crippen LogP contribution >= 0.6 is 125 Å². The molecule has 236 valence electrons. The number of aromatic nitrogens is 4. The van der Waals surface area contributed by atoms with E-state index in [0.717, 1.165) is 16.7 Å². The van der Waals surface area contributed by atoms with Gasteiger partial charge in [-0.2, -0.15) is 114 Å². The third-order valence-corrected chi connectivity index (χ3v) is 18.4. The molecule has 6 nitrogen and oxygen atoms in total. The molecule has 0 amide bonds. The number of thiol groups is 9. The van der Waals surface area contributed by atoms with Crippen molar-refractivity contribution < 1.29 is 9.84 Å². The number of benzene rings is 2. The quantitative estimate of drug-likeness (QED) is 0.0594. The largest absolute Gasteiger partial charge is 0.486 e. The Balaban J connectivity index is 1.42. The predicted octanol–water partition coefficient (Wildman–Crippen LogP) is 6.59. The van der Waals surface area contributed by atoms with Crippen LogP contribution in [0.2, 0.25) is 0 Å². The average molecular weight is 785 g/mol. The molecule has 0 aliphatic heterocycles. The lowest BCUT2D eigenvalue weighted by molar-refractivity contribution is 0.238. The zero-order chi connectivity index (χ0) is 32.8. The summed E-state index contributed by atoms with van der Waals surface area (Å²) in [6.45, 7) is 2.01. The summed E-state index contributed by atoms with van der Waals surface area (Å²) >= 11 is 44.6. The summed E-state index contributed by atoms with van der Waals surface area (Å²) in [5.74, 6) is 7.07. The number of aliphatic hydroxyl groups is 1.